The fourth-order valence-corrected chi connectivity index (χ4v) is 1.46. The van der Waals surface area contributed by atoms with Crippen LogP contribution < -0.4 is 5.32 Å². The highest BCUT2D eigenvalue weighted by molar-refractivity contribution is 6.34. The molecule has 4 nitrogen and oxygen atoms in total. The Morgan fingerprint density at radius 3 is 2.72 bits per heavy atom. The summed E-state index contributed by atoms with van der Waals surface area (Å²) in [5, 5.41) is 2.37. The van der Waals surface area contributed by atoms with Crippen molar-refractivity contribution in [1.82, 2.24) is 9.97 Å². The summed E-state index contributed by atoms with van der Waals surface area (Å²) in [4.78, 5) is 18.4. The van der Waals surface area contributed by atoms with Crippen molar-refractivity contribution in [2.45, 2.75) is 0 Å². The Bertz CT molecular complexity index is 607. The van der Waals surface area contributed by atoms with Gasteiger partial charge in [-0.05, 0) is 18.2 Å². The van der Waals surface area contributed by atoms with Gasteiger partial charge in [-0.2, -0.15) is 13.8 Å². The van der Waals surface area contributed by atoms with Crippen LogP contribution in [-0.2, 0) is 0 Å². The summed E-state index contributed by atoms with van der Waals surface area (Å²) in [6.07, 6.45) is 2.66. The molecule has 0 spiro atoms. The SMILES string of the molecule is O=C(Nc1ccc(F)nc1F)c1ccncc1Cl. The summed E-state index contributed by atoms with van der Waals surface area (Å²) in [6, 6.07) is 3.39. The lowest BCUT2D eigenvalue weighted by Crippen LogP contribution is -2.14. The molecule has 2 heterocycles. The zero-order valence-electron chi connectivity index (χ0n) is 8.82. The molecular formula is C11H6ClF2N3O. The van der Waals surface area contributed by atoms with Gasteiger partial charge in [-0.15, -0.1) is 0 Å². The lowest BCUT2D eigenvalue weighted by molar-refractivity contribution is 0.102. The van der Waals surface area contributed by atoms with E-state index in [-0.39, 0.29) is 16.3 Å². The molecule has 2 aromatic rings. The highest BCUT2D eigenvalue weighted by Crippen LogP contribution is 2.17. The third kappa shape index (κ3) is 2.60. The Balaban J connectivity index is 2.24. The summed E-state index contributed by atoms with van der Waals surface area (Å²) >= 11 is 5.76. The molecule has 0 saturated heterocycles. The van der Waals surface area contributed by atoms with Crippen LogP contribution in [0.25, 0.3) is 0 Å². The molecule has 0 radical (unpaired) electrons. The summed E-state index contributed by atoms with van der Waals surface area (Å²) in [5.41, 5.74) is -0.0929. The molecule has 0 aromatic carbocycles. The van der Waals surface area contributed by atoms with Crippen LogP contribution in [0, 0.1) is 11.9 Å². The molecule has 0 aliphatic rings. The van der Waals surface area contributed by atoms with Crippen molar-refractivity contribution >= 4 is 23.2 Å². The zero-order valence-corrected chi connectivity index (χ0v) is 9.58. The van der Waals surface area contributed by atoms with E-state index >= 15 is 0 Å². The van der Waals surface area contributed by atoms with E-state index in [2.05, 4.69) is 15.3 Å². The summed E-state index contributed by atoms with van der Waals surface area (Å²) in [6.45, 7) is 0. The number of pyridine rings is 2. The molecule has 0 atom stereocenters. The van der Waals surface area contributed by atoms with Crippen LogP contribution in [0.2, 0.25) is 5.02 Å². The maximum absolute atomic E-state index is 13.2. The van der Waals surface area contributed by atoms with Gasteiger partial charge in [0.2, 0.25) is 11.9 Å². The Morgan fingerprint density at radius 2 is 2.06 bits per heavy atom. The van der Waals surface area contributed by atoms with E-state index in [0.717, 1.165) is 12.1 Å². The minimum atomic E-state index is -1.10. The normalized spacial score (nSPS) is 10.2. The number of nitrogens with zero attached hydrogens (tertiary/aromatic N) is 2. The quantitative estimate of drug-likeness (QED) is 0.853. The predicted octanol–water partition coefficient (Wildman–Crippen LogP) is 2.66. The van der Waals surface area contributed by atoms with Crippen LogP contribution in [0.15, 0.2) is 30.6 Å². The number of hydrogen-bond donors (Lipinski definition) is 1. The fraction of sp³-hybridized carbons (Fsp3) is 0. The molecule has 0 aliphatic heterocycles. The standard InChI is InChI=1S/C11H6ClF2N3O/c12-7-5-15-4-3-6(7)11(18)16-8-1-2-9(13)17-10(8)14/h1-5H,(H,16,18). The second kappa shape index (κ2) is 5.05. The maximum Gasteiger partial charge on any atom is 0.257 e. The van der Waals surface area contributed by atoms with E-state index in [4.69, 9.17) is 11.6 Å². The number of carbonyl (C=O) groups is 1. The van der Waals surface area contributed by atoms with Crippen LogP contribution in [0.1, 0.15) is 10.4 Å². The van der Waals surface area contributed by atoms with Crippen molar-refractivity contribution in [2.24, 2.45) is 0 Å². The van der Waals surface area contributed by atoms with Crippen molar-refractivity contribution in [2.75, 3.05) is 5.32 Å². The smallest absolute Gasteiger partial charge is 0.257 e. The van der Waals surface area contributed by atoms with Crippen LogP contribution in [0.3, 0.4) is 0 Å². The van der Waals surface area contributed by atoms with E-state index in [9.17, 15) is 13.6 Å². The van der Waals surface area contributed by atoms with Crippen LogP contribution in [0.4, 0.5) is 14.5 Å². The monoisotopic (exact) mass is 269 g/mol. The molecular weight excluding hydrogens is 264 g/mol. The second-order valence-electron chi connectivity index (χ2n) is 3.28. The van der Waals surface area contributed by atoms with Gasteiger partial charge in [0.25, 0.3) is 5.91 Å². The van der Waals surface area contributed by atoms with Gasteiger partial charge >= 0.3 is 0 Å². The average Bonchev–Trinajstić information content (AvgIpc) is 2.33. The minimum absolute atomic E-state index is 0.130. The zero-order chi connectivity index (χ0) is 13.1. The van der Waals surface area contributed by atoms with Crippen molar-refractivity contribution < 1.29 is 13.6 Å². The van der Waals surface area contributed by atoms with Gasteiger partial charge in [-0.25, -0.2) is 0 Å². The maximum atomic E-state index is 13.2. The van der Waals surface area contributed by atoms with Gasteiger partial charge in [-0.1, -0.05) is 11.6 Å². The molecule has 92 valence electrons. The first-order chi connectivity index (χ1) is 8.58. The van der Waals surface area contributed by atoms with Gasteiger partial charge in [0.1, 0.15) is 0 Å². The van der Waals surface area contributed by atoms with Gasteiger partial charge in [0.15, 0.2) is 0 Å². The number of carbonyl (C=O) groups excluding carboxylic acids is 1. The third-order valence-electron chi connectivity index (χ3n) is 2.08. The average molecular weight is 270 g/mol. The van der Waals surface area contributed by atoms with Crippen molar-refractivity contribution in [3.05, 3.63) is 53.1 Å². The molecule has 18 heavy (non-hydrogen) atoms. The molecule has 0 unspecified atom stereocenters. The fourth-order valence-electron chi connectivity index (χ4n) is 1.25. The van der Waals surface area contributed by atoms with Crippen molar-refractivity contribution in [3.63, 3.8) is 0 Å². The Labute approximate surface area is 106 Å². The number of halogens is 3. The van der Waals surface area contributed by atoms with Gasteiger partial charge in [0, 0.05) is 12.4 Å². The first kappa shape index (κ1) is 12.4. The van der Waals surface area contributed by atoms with Gasteiger partial charge in [0.05, 0.1) is 16.3 Å². The number of rotatable bonds is 2. The number of nitrogens with one attached hydrogen (secondary N) is 1. The van der Waals surface area contributed by atoms with E-state index in [1.807, 2.05) is 0 Å². The Morgan fingerprint density at radius 1 is 1.28 bits per heavy atom. The van der Waals surface area contributed by atoms with Crippen LogP contribution >= 0.6 is 11.6 Å². The van der Waals surface area contributed by atoms with Crippen LogP contribution in [0.5, 0.6) is 0 Å². The molecule has 1 N–H and O–H groups in total. The summed E-state index contributed by atoms with van der Waals surface area (Å²) in [5.74, 6) is -2.70. The topological polar surface area (TPSA) is 54.9 Å². The Hall–Kier alpha value is -2.08. The van der Waals surface area contributed by atoms with Gasteiger partial charge in [-0.3, -0.25) is 9.78 Å². The summed E-state index contributed by atoms with van der Waals surface area (Å²) < 4.78 is 25.8. The molecule has 1 amide bonds. The third-order valence-corrected chi connectivity index (χ3v) is 2.38. The van der Waals surface area contributed by atoms with E-state index in [1.165, 1.54) is 18.5 Å². The van der Waals surface area contributed by atoms with E-state index < -0.39 is 17.8 Å². The van der Waals surface area contributed by atoms with E-state index in [1.54, 1.807) is 0 Å². The Kier molecular flexibility index (Phi) is 3.47. The lowest BCUT2D eigenvalue weighted by Gasteiger charge is -2.06. The molecule has 7 heteroatoms. The number of amides is 1. The first-order valence-corrected chi connectivity index (χ1v) is 5.18. The predicted molar refractivity (Wildman–Crippen MR) is 61.4 cm³/mol. The van der Waals surface area contributed by atoms with Gasteiger partial charge < -0.3 is 5.32 Å². The number of aromatic nitrogens is 2. The van der Waals surface area contributed by atoms with Crippen molar-refractivity contribution in [3.8, 4) is 0 Å². The molecule has 2 aromatic heterocycles. The highest BCUT2D eigenvalue weighted by atomic mass is 35.5. The molecule has 0 fully saturated rings. The highest BCUT2D eigenvalue weighted by Gasteiger charge is 2.13. The molecule has 0 saturated carbocycles. The summed E-state index contributed by atoms with van der Waals surface area (Å²) in [7, 11) is 0. The minimum Gasteiger partial charge on any atom is -0.318 e. The molecule has 0 aliphatic carbocycles. The van der Waals surface area contributed by atoms with Crippen LogP contribution in [-0.4, -0.2) is 15.9 Å². The second-order valence-corrected chi connectivity index (χ2v) is 3.69. The number of anilines is 1. The van der Waals surface area contributed by atoms with E-state index in [0.29, 0.717) is 0 Å². The van der Waals surface area contributed by atoms with Crippen molar-refractivity contribution in [1.29, 1.82) is 0 Å². The largest absolute Gasteiger partial charge is 0.318 e. The molecule has 0 bridgehead atoms. The molecule has 2 rings (SSSR count). The number of hydrogen-bond acceptors (Lipinski definition) is 3. The first-order valence-electron chi connectivity index (χ1n) is 4.81. The lowest BCUT2D eigenvalue weighted by atomic mass is 10.2.